The highest BCUT2D eigenvalue weighted by atomic mass is 19.1. The topological polar surface area (TPSA) is 58.0 Å². The van der Waals surface area contributed by atoms with Crippen molar-refractivity contribution < 1.29 is 9.13 Å². The van der Waals surface area contributed by atoms with Crippen LogP contribution in [-0.4, -0.2) is 32.2 Å². The standard InChI is InChI=1S/C8H15BFN3O/c1-3-8(4-12-13-11)5(2)6(10)7(9)14-8/h5-7H,3-4,9H2,1-2H3/t5-,6?,7-,8+/m1/s1. The molecule has 1 heterocycles. The van der Waals surface area contributed by atoms with Crippen molar-refractivity contribution in [3.63, 3.8) is 0 Å². The highest BCUT2D eigenvalue weighted by Crippen LogP contribution is 2.39. The zero-order chi connectivity index (χ0) is 10.8. The molecule has 14 heavy (non-hydrogen) atoms. The molecule has 0 spiro atoms. The molecule has 0 aromatic carbocycles. The van der Waals surface area contributed by atoms with Crippen molar-refractivity contribution in [2.24, 2.45) is 11.0 Å². The maximum Gasteiger partial charge on any atom is 0.143 e. The van der Waals surface area contributed by atoms with Gasteiger partial charge < -0.3 is 4.74 Å². The van der Waals surface area contributed by atoms with E-state index in [-0.39, 0.29) is 12.5 Å². The molecule has 4 nitrogen and oxygen atoms in total. The largest absolute Gasteiger partial charge is 0.377 e. The Bertz CT molecular complexity index is 259. The first-order valence-electron chi connectivity index (χ1n) is 4.90. The van der Waals surface area contributed by atoms with Gasteiger partial charge in [0.2, 0.25) is 0 Å². The van der Waals surface area contributed by atoms with Gasteiger partial charge in [0.05, 0.1) is 18.1 Å². The second-order valence-corrected chi connectivity index (χ2v) is 3.86. The van der Waals surface area contributed by atoms with Crippen molar-refractivity contribution in [2.45, 2.75) is 38.0 Å². The average Bonchev–Trinajstić information content (AvgIpc) is 2.41. The van der Waals surface area contributed by atoms with E-state index < -0.39 is 17.8 Å². The van der Waals surface area contributed by atoms with Crippen LogP contribution < -0.4 is 0 Å². The van der Waals surface area contributed by atoms with Crippen LogP contribution in [0.4, 0.5) is 4.39 Å². The summed E-state index contributed by atoms with van der Waals surface area (Å²) in [4.78, 5) is 2.70. The van der Waals surface area contributed by atoms with Gasteiger partial charge >= 0.3 is 0 Å². The number of hydrogen-bond donors (Lipinski definition) is 0. The summed E-state index contributed by atoms with van der Waals surface area (Å²) >= 11 is 0. The van der Waals surface area contributed by atoms with E-state index in [9.17, 15) is 4.39 Å². The van der Waals surface area contributed by atoms with Gasteiger partial charge in [-0.25, -0.2) is 4.39 Å². The van der Waals surface area contributed by atoms with Crippen LogP contribution in [0.1, 0.15) is 20.3 Å². The SMILES string of the molecule is B[C@@H]1O[C@@](CC)(CN=[N+]=[N-])[C@H](C)C1F. The van der Waals surface area contributed by atoms with E-state index in [1.807, 2.05) is 13.8 Å². The minimum Gasteiger partial charge on any atom is -0.377 e. The summed E-state index contributed by atoms with van der Waals surface area (Å²) in [6.45, 7) is 3.95. The molecule has 4 atom stereocenters. The average molecular weight is 199 g/mol. The highest BCUT2D eigenvalue weighted by molar-refractivity contribution is 6.11. The molecule has 1 unspecified atom stereocenters. The molecule has 0 bridgehead atoms. The zero-order valence-electron chi connectivity index (χ0n) is 8.77. The predicted octanol–water partition coefficient (Wildman–Crippen LogP) is 1.41. The van der Waals surface area contributed by atoms with E-state index in [4.69, 9.17) is 10.3 Å². The summed E-state index contributed by atoms with van der Waals surface area (Å²) in [5, 5.41) is 3.50. The molecule has 1 saturated heterocycles. The van der Waals surface area contributed by atoms with Gasteiger partial charge in [-0.15, -0.1) is 0 Å². The van der Waals surface area contributed by atoms with Gasteiger partial charge in [-0.3, -0.25) is 0 Å². The van der Waals surface area contributed by atoms with Gasteiger partial charge in [-0.05, 0) is 12.0 Å². The van der Waals surface area contributed by atoms with Crippen molar-refractivity contribution in [1.82, 2.24) is 0 Å². The molecule has 0 saturated carbocycles. The quantitative estimate of drug-likeness (QED) is 0.293. The number of halogens is 1. The highest BCUT2D eigenvalue weighted by Gasteiger charge is 2.49. The van der Waals surface area contributed by atoms with Crippen LogP contribution >= 0.6 is 0 Å². The minimum atomic E-state index is -0.969. The molecule has 0 aromatic heterocycles. The van der Waals surface area contributed by atoms with Crippen LogP contribution in [0.25, 0.3) is 10.4 Å². The molecule has 6 heteroatoms. The normalized spacial score (nSPS) is 42.1. The second kappa shape index (κ2) is 4.19. The fraction of sp³-hybridized carbons (Fsp3) is 1.00. The molecule has 0 N–H and O–H groups in total. The minimum absolute atomic E-state index is 0.214. The molecule has 1 aliphatic rings. The molecule has 0 aromatic rings. The Morgan fingerprint density at radius 2 is 2.36 bits per heavy atom. The number of alkyl halides is 1. The van der Waals surface area contributed by atoms with Gasteiger partial charge in [0.15, 0.2) is 0 Å². The summed E-state index contributed by atoms with van der Waals surface area (Å²) in [6.07, 6.45) is -0.304. The molecule has 1 aliphatic heterocycles. The van der Waals surface area contributed by atoms with Gasteiger partial charge in [0.25, 0.3) is 0 Å². The fourth-order valence-corrected chi connectivity index (χ4v) is 2.09. The molecule has 0 aliphatic carbocycles. The van der Waals surface area contributed by atoms with Crippen LogP contribution in [0.2, 0.25) is 0 Å². The summed E-state index contributed by atoms with van der Waals surface area (Å²) in [6, 6.07) is -0.404. The lowest BCUT2D eigenvalue weighted by molar-refractivity contribution is -0.0267. The molecular formula is C8H15BFN3O. The Morgan fingerprint density at radius 1 is 1.71 bits per heavy atom. The first-order valence-corrected chi connectivity index (χ1v) is 4.90. The summed E-state index contributed by atoms with van der Waals surface area (Å²) < 4.78 is 19.1. The fourth-order valence-electron chi connectivity index (χ4n) is 2.09. The molecule has 1 fully saturated rings. The maximum atomic E-state index is 13.6. The van der Waals surface area contributed by atoms with Crippen LogP contribution in [-0.2, 0) is 4.74 Å². The number of hydrogen-bond acceptors (Lipinski definition) is 2. The Kier molecular flexibility index (Phi) is 3.40. The second-order valence-electron chi connectivity index (χ2n) is 3.86. The molecule has 1 rings (SSSR count). The van der Waals surface area contributed by atoms with E-state index in [1.54, 1.807) is 7.85 Å². The summed E-state index contributed by atoms with van der Waals surface area (Å²) in [5.74, 6) is -0.215. The number of nitrogens with zero attached hydrogens (tertiary/aromatic N) is 3. The van der Waals surface area contributed by atoms with Crippen molar-refractivity contribution >= 4 is 7.85 Å². The van der Waals surface area contributed by atoms with E-state index in [0.29, 0.717) is 6.42 Å². The van der Waals surface area contributed by atoms with Crippen LogP contribution in [0.5, 0.6) is 0 Å². The Hall–Kier alpha value is -0.735. The van der Waals surface area contributed by atoms with E-state index in [1.165, 1.54) is 0 Å². The Balaban J connectivity index is 2.84. The van der Waals surface area contributed by atoms with Gasteiger partial charge in [0.1, 0.15) is 14.0 Å². The predicted molar refractivity (Wildman–Crippen MR) is 54.5 cm³/mol. The third kappa shape index (κ3) is 1.72. The maximum absolute atomic E-state index is 13.6. The van der Waals surface area contributed by atoms with Crippen LogP contribution in [0.3, 0.4) is 0 Å². The smallest absolute Gasteiger partial charge is 0.143 e. The van der Waals surface area contributed by atoms with Crippen molar-refractivity contribution in [2.75, 3.05) is 6.54 Å². The summed E-state index contributed by atoms with van der Waals surface area (Å²) in [7, 11) is 1.72. The molecule has 78 valence electrons. The molecular weight excluding hydrogens is 184 g/mol. The number of azide groups is 1. The Labute approximate surface area is 83.9 Å². The van der Waals surface area contributed by atoms with Gasteiger partial charge in [0, 0.05) is 10.8 Å². The van der Waals surface area contributed by atoms with Gasteiger partial charge in [-0.2, -0.15) is 0 Å². The lowest BCUT2D eigenvalue weighted by Gasteiger charge is -2.30. The monoisotopic (exact) mass is 199 g/mol. The van der Waals surface area contributed by atoms with E-state index in [2.05, 4.69) is 10.0 Å². The van der Waals surface area contributed by atoms with Crippen molar-refractivity contribution in [3.8, 4) is 0 Å². The van der Waals surface area contributed by atoms with Gasteiger partial charge in [-0.1, -0.05) is 19.0 Å². The van der Waals surface area contributed by atoms with Crippen molar-refractivity contribution in [3.05, 3.63) is 10.4 Å². The first-order chi connectivity index (χ1) is 6.57. The van der Waals surface area contributed by atoms with Crippen molar-refractivity contribution in [1.29, 1.82) is 0 Å². The molecule has 0 radical (unpaired) electrons. The number of ether oxygens (including phenoxy) is 1. The third-order valence-corrected chi connectivity index (χ3v) is 3.18. The molecule has 0 amide bonds. The zero-order valence-corrected chi connectivity index (χ0v) is 8.77. The van der Waals surface area contributed by atoms with Crippen LogP contribution in [0.15, 0.2) is 5.11 Å². The van der Waals surface area contributed by atoms with E-state index in [0.717, 1.165) is 0 Å². The lowest BCUT2D eigenvalue weighted by atomic mass is 9.82. The van der Waals surface area contributed by atoms with E-state index >= 15 is 0 Å². The summed E-state index contributed by atoms with van der Waals surface area (Å²) in [5.41, 5.74) is 7.66. The number of rotatable bonds is 3. The van der Waals surface area contributed by atoms with Crippen LogP contribution in [0, 0.1) is 5.92 Å². The third-order valence-electron chi connectivity index (χ3n) is 3.18. The first kappa shape index (κ1) is 11.3. The lowest BCUT2D eigenvalue weighted by Crippen LogP contribution is -2.38. The Morgan fingerprint density at radius 3 is 2.71 bits per heavy atom.